The van der Waals surface area contributed by atoms with Crippen LogP contribution in [0.4, 0.5) is 0 Å². The highest BCUT2D eigenvalue weighted by Gasteiger charge is 2.51. The molecule has 0 aromatic heterocycles. The van der Waals surface area contributed by atoms with E-state index in [9.17, 15) is 14.7 Å². The number of carbonyl (C=O) groups excluding carboxylic acids is 2. The van der Waals surface area contributed by atoms with Crippen molar-refractivity contribution in [1.82, 2.24) is 0 Å². The van der Waals surface area contributed by atoms with Crippen molar-refractivity contribution in [2.24, 2.45) is 0 Å². The minimum Gasteiger partial charge on any atom is -0.504 e. The Hall–Kier alpha value is -3.22. The second-order valence-electron chi connectivity index (χ2n) is 6.07. The highest BCUT2D eigenvalue weighted by molar-refractivity contribution is 6.49. The van der Waals surface area contributed by atoms with Gasteiger partial charge in [-0.05, 0) is 35.4 Å². The summed E-state index contributed by atoms with van der Waals surface area (Å²) in [5, 5.41) is 10.0. The van der Waals surface area contributed by atoms with Crippen LogP contribution < -0.4 is 18.9 Å². The molecule has 1 N–H and O–H groups in total. The van der Waals surface area contributed by atoms with Crippen molar-refractivity contribution >= 4 is 11.6 Å². The average Bonchev–Trinajstić information content (AvgIpc) is 2.69. The highest BCUT2D eigenvalue weighted by atomic mass is 16.5. The molecule has 0 amide bonds. The maximum absolute atomic E-state index is 12.4. The molecule has 2 atom stereocenters. The van der Waals surface area contributed by atoms with Crippen LogP contribution in [0.15, 0.2) is 30.3 Å². The van der Waals surface area contributed by atoms with E-state index in [0.717, 1.165) is 0 Å². The molecule has 1 fully saturated rings. The molecule has 7 nitrogen and oxygen atoms in total. The van der Waals surface area contributed by atoms with Crippen LogP contribution in [0.2, 0.25) is 0 Å². The molecule has 0 heterocycles. The van der Waals surface area contributed by atoms with E-state index in [0.29, 0.717) is 34.1 Å². The molecule has 142 valence electrons. The van der Waals surface area contributed by atoms with Crippen molar-refractivity contribution in [3.63, 3.8) is 0 Å². The lowest BCUT2D eigenvalue weighted by molar-refractivity contribution is -0.146. The summed E-state index contributed by atoms with van der Waals surface area (Å²) in [4.78, 5) is 24.7. The topological polar surface area (TPSA) is 91.3 Å². The molecular weight excluding hydrogens is 352 g/mol. The maximum Gasteiger partial charge on any atom is 0.207 e. The van der Waals surface area contributed by atoms with Gasteiger partial charge in [-0.1, -0.05) is 6.07 Å². The van der Waals surface area contributed by atoms with Crippen molar-refractivity contribution in [2.45, 2.75) is 11.8 Å². The molecule has 0 spiro atoms. The second-order valence-corrected chi connectivity index (χ2v) is 6.07. The first-order valence-electron chi connectivity index (χ1n) is 8.21. The van der Waals surface area contributed by atoms with Gasteiger partial charge in [0.2, 0.25) is 17.3 Å². The van der Waals surface area contributed by atoms with Crippen LogP contribution >= 0.6 is 0 Å². The Bertz CT molecular complexity index is 878. The fourth-order valence-electron chi connectivity index (χ4n) is 3.38. The minimum absolute atomic E-state index is 0.0919. The van der Waals surface area contributed by atoms with Crippen LogP contribution in [0.5, 0.6) is 28.7 Å². The molecule has 3 rings (SSSR count). The van der Waals surface area contributed by atoms with E-state index in [-0.39, 0.29) is 5.75 Å². The molecule has 1 aliphatic carbocycles. The number of aromatic hydroxyl groups is 1. The fourth-order valence-corrected chi connectivity index (χ4v) is 3.38. The summed E-state index contributed by atoms with van der Waals surface area (Å²) in [5.74, 6) is -0.989. The number of benzene rings is 2. The van der Waals surface area contributed by atoms with Gasteiger partial charge in [0, 0.05) is 0 Å². The Morgan fingerprint density at radius 1 is 0.704 bits per heavy atom. The van der Waals surface area contributed by atoms with Crippen LogP contribution in [-0.2, 0) is 9.59 Å². The molecular formula is C20H20O7. The standard InChI is InChI=1S/C20H20O7/c1-24-13-6-5-10(7-12(13)21)16-17(19(23)18(16)22)11-8-14(25-2)20(27-4)15(9-11)26-3/h5-9,16-17,21H,1-4H3. The van der Waals surface area contributed by atoms with Gasteiger partial charge in [-0.2, -0.15) is 0 Å². The lowest BCUT2D eigenvalue weighted by Crippen LogP contribution is -2.44. The molecule has 2 aromatic carbocycles. The predicted octanol–water partition coefficient (Wildman–Crippen LogP) is 2.45. The van der Waals surface area contributed by atoms with Gasteiger partial charge in [-0.3, -0.25) is 9.59 Å². The van der Waals surface area contributed by atoms with E-state index in [1.54, 1.807) is 24.3 Å². The summed E-state index contributed by atoms with van der Waals surface area (Å²) in [6.45, 7) is 0. The van der Waals surface area contributed by atoms with E-state index in [1.807, 2.05) is 0 Å². The number of phenolic OH excluding ortho intramolecular Hbond substituents is 1. The molecule has 1 saturated carbocycles. The van der Waals surface area contributed by atoms with Gasteiger partial charge >= 0.3 is 0 Å². The van der Waals surface area contributed by atoms with Crippen LogP contribution in [-0.4, -0.2) is 45.1 Å². The van der Waals surface area contributed by atoms with Crippen LogP contribution in [0.3, 0.4) is 0 Å². The third kappa shape index (κ3) is 2.95. The number of ether oxygens (including phenoxy) is 4. The first-order chi connectivity index (χ1) is 13.0. The van der Waals surface area contributed by atoms with Crippen molar-refractivity contribution in [3.8, 4) is 28.7 Å². The number of ketones is 2. The largest absolute Gasteiger partial charge is 0.504 e. The number of Topliss-reactive ketones (excluding diaryl/α,β-unsaturated/α-hetero) is 2. The predicted molar refractivity (Wildman–Crippen MR) is 96.3 cm³/mol. The Morgan fingerprint density at radius 3 is 1.67 bits per heavy atom. The maximum atomic E-state index is 12.4. The molecule has 7 heteroatoms. The quantitative estimate of drug-likeness (QED) is 0.779. The Morgan fingerprint density at radius 2 is 1.22 bits per heavy atom. The van der Waals surface area contributed by atoms with Crippen LogP contribution in [0.25, 0.3) is 0 Å². The molecule has 0 radical (unpaired) electrons. The average molecular weight is 372 g/mol. The third-order valence-corrected chi connectivity index (χ3v) is 4.75. The summed E-state index contributed by atoms with van der Waals surface area (Å²) in [6, 6.07) is 7.99. The van der Waals surface area contributed by atoms with E-state index in [4.69, 9.17) is 18.9 Å². The normalized spacial score (nSPS) is 18.7. The Kier molecular flexibility index (Phi) is 4.94. The van der Waals surface area contributed by atoms with Gasteiger partial charge in [0.25, 0.3) is 0 Å². The fraction of sp³-hybridized carbons (Fsp3) is 0.300. The number of methoxy groups -OCH3 is 4. The first-order valence-corrected chi connectivity index (χ1v) is 8.21. The van der Waals surface area contributed by atoms with Gasteiger partial charge < -0.3 is 24.1 Å². The molecule has 1 aliphatic rings. The van der Waals surface area contributed by atoms with Gasteiger partial charge in [-0.25, -0.2) is 0 Å². The van der Waals surface area contributed by atoms with Gasteiger partial charge in [0.1, 0.15) is 0 Å². The third-order valence-electron chi connectivity index (χ3n) is 4.75. The zero-order valence-corrected chi connectivity index (χ0v) is 15.4. The van der Waals surface area contributed by atoms with Gasteiger partial charge in [0.15, 0.2) is 23.0 Å². The number of carbonyl (C=O) groups is 2. The lowest BCUT2D eigenvalue weighted by atomic mass is 9.64. The summed E-state index contributed by atoms with van der Waals surface area (Å²) >= 11 is 0. The molecule has 2 unspecified atom stereocenters. The summed E-state index contributed by atoms with van der Waals surface area (Å²) in [6.07, 6.45) is 0. The zero-order chi connectivity index (χ0) is 19.7. The van der Waals surface area contributed by atoms with Crippen molar-refractivity contribution in [1.29, 1.82) is 0 Å². The van der Waals surface area contributed by atoms with Crippen LogP contribution in [0.1, 0.15) is 23.0 Å². The molecule has 0 saturated heterocycles. The first kappa shape index (κ1) is 18.6. The van der Waals surface area contributed by atoms with Crippen LogP contribution in [0, 0.1) is 0 Å². The second kappa shape index (κ2) is 7.19. The van der Waals surface area contributed by atoms with E-state index in [2.05, 4.69) is 0 Å². The summed E-state index contributed by atoms with van der Waals surface area (Å²) < 4.78 is 21.0. The van der Waals surface area contributed by atoms with E-state index < -0.39 is 23.4 Å². The minimum atomic E-state index is -0.697. The Balaban J connectivity index is 2.06. The molecule has 0 bridgehead atoms. The SMILES string of the molecule is COc1ccc(C2C(=O)C(=O)C2c2cc(OC)c(OC)c(OC)c2)cc1O. The van der Waals surface area contributed by atoms with Crippen molar-refractivity contribution in [2.75, 3.05) is 28.4 Å². The highest BCUT2D eigenvalue weighted by Crippen LogP contribution is 2.49. The molecule has 27 heavy (non-hydrogen) atoms. The lowest BCUT2D eigenvalue weighted by Gasteiger charge is -2.34. The van der Waals surface area contributed by atoms with Gasteiger partial charge in [0.05, 0.1) is 40.3 Å². The molecule has 2 aromatic rings. The van der Waals surface area contributed by atoms with Gasteiger partial charge in [-0.15, -0.1) is 0 Å². The van der Waals surface area contributed by atoms with Crippen molar-refractivity contribution < 1.29 is 33.6 Å². The van der Waals surface area contributed by atoms with E-state index >= 15 is 0 Å². The Labute approximate surface area is 156 Å². The summed E-state index contributed by atoms with van der Waals surface area (Å²) in [5.41, 5.74) is 1.12. The summed E-state index contributed by atoms with van der Waals surface area (Å²) in [7, 11) is 5.88. The number of phenols is 1. The number of rotatable bonds is 6. The van der Waals surface area contributed by atoms with E-state index in [1.165, 1.54) is 34.5 Å². The number of hydrogen-bond acceptors (Lipinski definition) is 7. The number of hydrogen-bond donors (Lipinski definition) is 1. The monoisotopic (exact) mass is 372 g/mol. The zero-order valence-electron chi connectivity index (χ0n) is 15.4. The van der Waals surface area contributed by atoms with Crippen molar-refractivity contribution in [3.05, 3.63) is 41.5 Å². The smallest absolute Gasteiger partial charge is 0.207 e. The molecule has 0 aliphatic heterocycles.